The molecule has 1 saturated carbocycles. The summed E-state index contributed by atoms with van der Waals surface area (Å²) in [6.07, 6.45) is 2.47. The predicted octanol–water partition coefficient (Wildman–Crippen LogP) is 2.98. The van der Waals surface area contributed by atoms with Crippen molar-refractivity contribution in [3.8, 4) is 0 Å². The first-order chi connectivity index (χ1) is 7.16. The first-order valence-corrected chi connectivity index (χ1v) is 5.44. The van der Waals surface area contributed by atoms with Gasteiger partial charge in [-0.15, -0.1) is 0 Å². The third-order valence-electron chi connectivity index (χ3n) is 3.36. The largest absolute Gasteiger partial charge is 0.299 e. The molecule has 1 aromatic carbocycles. The molecule has 1 nitrogen and oxygen atoms in total. The maximum absolute atomic E-state index is 12.9. The fraction of sp³-hybridized carbons (Fsp3) is 0.462. The van der Waals surface area contributed by atoms with E-state index in [1.807, 2.05) is 13.0 Å². The van der Waals surface area contributed by atoms with Gasteiger partial charge in [0, 0.05) is 12.3 Å². The van der Waals surface area contributed by atoms with Crippen LogP contribution in [0.3, 0.4) is 0 Å². The summed E-state index contributed by atoms with van der Waals surface area (Å²) in [6, 6.07) is 6.67. The summed E-state index contributed by atoms with van der Waals surface area (Å²) in [6.45, 7) is 1.99. The summed E-state index contributed by atoms with van der Waals surface area (Å²) in [5.41, 5.74) is 1.00. The van der Waals surface area contributed by atoms with Crippen molar-refractivity contribution in [3.05, 3.63) is 35.6 Å². The third kappa shape index (κ3) is 2.25. The molecule has 2 heteroatoms. The van der Waals surface area contributed by atoms with Gasteiger partial charge in [0.25, 0.3) is 0 Å². The Hall–Kier alpha value is -1.18. The summed E-state index contributed by atoms with van der Waals surface area (Å²) in [7, 11) is 0. The lowest BCUT2D eigenvalue weighted by Crippen LogP contribution is -2.12. The Morgan fingerprint density at radius 2 is 2.27 bits per heavy atom. The SMILES string of the molecule is CC1C(=O)CCC1Cc1cccc(F)c1. The zero-order chi connectivity index (χ0) is 10.8. The van der Waals surface area contributed by atoms with E-state index in [0.717, 1.165) is 18.4 Å². The highest BCUT2D eigenvalue weighted by Crippen LogP contribution is 2.31. The second kappa shape index (κ2) is 4.13. The van der Waals surface area contributed by atoms with Crippen molar-refractivity contribution in [1.82, 2.24) is 0 Å². The zero-order valence-electron chi connectivity index (χ0n) is 8.87. The van der Waals surface area contributed by atoms with Crippen LogP contribution in [-0.4, -0.2) is 5.78 Å². The van der Waals surface area contributed by atoms with Crippen LogP contribution in [0.2, 0.25) is 0 Å². The molecule has 0 saturated heterocycles. The summed E-state index contributed by atoms with van der Waals surface area (Å²) in [4.78, 5) is 11.4. The van der Waals surface area contributed by atoms with E-state index in [2.05, 4.69) is 0 Å². The average molecular weight is 206 g/mol. The van der Waals surface area contributed by atoms with Crippen LogP contribution in [0, 0.1) is 17.7 Å². The molecule has 1 aromatic rings. The van der Waals surface area contributed by atoms with Gasteiger partial charge in [-0.1, -0.05) is 19.1 Å². The van der Waals surface area contributed by atoms with Crippen LogP contribution < -0.4 is 0 Å². The van der Waals surface area contributed by atoms with Crippen LogP contribution in [0.1, 0.15) is 25.3 Å². The molecule has 0 amide bonds. The molecule has 0 aliphatic heterocycles. The van der Waals surface area contributed by atoms with Crippen LogP contribution in [-0.2, 0) is 11.2 Å². The Morgan fingerprint density at radius 3 is 2.87 bits per heavy atom. The molecule has 1 aliphatic carbocycles. The smallest absolute Gasteiger partial charge is 0.135 e. The number of ketones is 1. The molecule has 0 bridgehead atoms. The van der Waals surface area contributed by atoms with Crippen molar-refractivity contribution in [3.63, 3.8) is 0 Å². The van der Waals surface area contributed by atoms with Crippen molar-refractivity contribution in [2.45, 2.75) is 26.2 Å². The first kappa shape index (κ1) is 10.3. The number of benzene rings is 1. The Morgan fingerprint density at radius 1 is 1.47 bits per heavy atom. The molecule has 0 N–H and O–H groups in total. The van der Waals surface area contributed by atoms with E-state index in [1.165, 1.54) is 6.07 Å². The number of hydrogen-bond donors (Lipinski definition) is 0. The molecule has 1 aliphatic rings. The molecule has 1 fully saturated rings. The van der Waals surface area contributed by atoms with E-state index in [-0.39, 0.29) is 11.7 Å². The Kier molecular flexibility index (Phi) is 2.85. The summed E-state index contributed by atoms with van der Waals surface area (Å²) in [5, 5.41) is 0. The number of Topliss-reactive ketones (excluding diaryl/α,β-unsaturated/α-hetero) is 1. The highest BCUT2D eigenvalue weighted by molar-refractivity contribution is 5.83. The lowest BCUT2D eigenvalue weighted by Gasteiger charge is -2.13. The Bertz CT molecular complexity index is 373. The fourth-order valence-electron chi connectivity index (χ4n) is 2.31. The molecule has 0 radical (unpaired) electrons. The van der Waals surface area contributed by atoms with Crippen molar-refractivity contribution < 1.29 is 9.18 Å². The van der Waals surface area contributed by atoms with Gasteiger partial charge in [0.1, 0.15) is 11.6 Å². The molecule has 15 heavy (non-hydrogen) atoms. The summed E-state index contributed by atoms with van der Waals surface area (Å²) in [5.74, 6) is 0.716. The zero-order valence-corrected chi connectivity index (χ0v) is 8.87. The van der Waals surface area contributed by atoms with E-state index in [9.17, 15) is 9.18 Å². The van der Waals surface area contributed by atoms with Gasteiger partial charge in [-0.3, -0.25) is 4.79 Å². The minimum Gasteiger partial charge on any atom is -0.299 e. The van der Waals surface area contributed by atoms with Gasteiger partial charge < -0.3 is 0 Å². The maximum atomic E-state index is 12.9. The average Bonchev–Trinajstić information content (AvgIpc) is 2.50. The molecule has 0 aromatic heterocycles. The first-order valence-electron chi connectivity index (χ1n) is 5.44. The number of halogens is 1. The minimum atomic E-state index is -0.190. The van der Waals surface area contributed by atoms with Crippen molar-refractivity contribution in [1.29, 1.82) is 0 Å². The van der Waals surface area contributed by atoms with Gasteiger partial charge in [-0.2, -0.15) is 0 Å². The Balaban J connectivity index is 2.06. The highest BCUT2D eigenvalue weighted by atomic mass is 19.1. The normalized spacial score (nSPS) is 25.9. The van der Waals surface area contributed by atoms with Crippen molar-refractivity contribution in [2.75, 3.05) is 0 Å². The van der Waals surface area contributed by atoms with E-state index >= 15 is 0 Å². The van der Waals surface area contributed by atoms with Gasteiger partial charge in [0.15, 0.2) is 0 Å². The molecule has 2 unspecified atom stereocenters. The van der Waals surface area contributed by atoms with Gasteiger partial charge in [0.05, 0.1) is 0 Å². The van der Waals surface area contributed by atoms with Gasteiger partial charge >= 0.3 is 0 Å². The standard InChI is InChI=1S/C13H15FO/c1-9-11(5-6-13(9)15)7-10-3-2-4-12(14)8-10/h2-4,8-9,11H,5-7H2,1H3. The molecule has 0 heterocycles. The number of carbonyl (C=O) groups is 1. The quantitative estimate of drug-likeness (QED) is 0.727. The van der Waals surface area contributed by atoms with Crippen LogP contribution in [0.4, 0.5) is 4.39 Å². The molecule has 2 atom stereocenters. The fourth-order valence-corrected chi connectivity index (χ4v) is 2.31. The van der Waals surface area contributed by atoms with Crippen LogP contribution in [0.25, 0.3) is 0 Å². The summed E-state index contributed by atoms with van der Waals surface area (Å²) < 4.78 is 12.9. The lowest BCUT2D eigenvalue weighted by atomic mass is 9.91. The third-order valence-corrected chi connectivity index (χ3v) is 3.36. The molecule has 80 valence electrons. The molecule has 0 spiro atoms. The predicted molar refractivity (Wildman–Crippen MR) is 57.0 cm³/mol. The van der Waals surface area contributed by atoms with Crippen molar-refractivity contribution >= 4 is 5.78 Å². The van der Waals surface area contributed by atoms with Gasteiger partial charge in [-0.25, -0.2) is 4.39 Å². The number of hydrogen-bond acceptors (Lipinski definition) is 1. The molecule has 2 rings (SSSR count). The second-order valence-electron chi connectivity index (χ2n) is 4.39. The topological polar surface area (TPSA) is 17.1 Å². The van der Waals surface area contributed by atoms with E-state index in [1.54, 1.807) is 12.1 Å². The van der Waals surface area contributed by atoms with Crippen molar-refractivity contribution in [2.24, 2.45) is 11.8 Å². The van der Waals surface area contributed by atoms with Gasteiger partial charge in [-0.05, 0) is 36.5 Å². The Labute approximate surface area is 89.3 Å². The van der Waals surface area contributed by atoms with Crippen LogP contribution in [0.15, 0.2) is 24.3 Å². The number of carbonyl (C=O) groups excluding carboxylic acids is 1. The van der Waals surface area contributed by atoms with E-state index < -0.39 is 0 Å². The van der Waals surface area contributed by atoms with Gasteiger partial charge in [0.2, 0.25) is 0 Å². The monoisotopic (exact) mass is 206 g/mol. The minimum absolute atomic E-state index is 0.147. The second-order valence-corrected chi connectivity index (χ2v) is 4.39. The summed E-state index contributed by atoms with van der Waals surface area (Å²) >= 11 is 0. The highest BCUT2D eigenvalue weighted by Gasteiger charge is 2.30. The van der Waals surface area contributed by atoms with Crippen LogP contribution >= 0.6 is 0 Å². The van der Waals surface area contributed by atoms with Crippen LogP contribution in [0.5, 0.6) is 0 Å². The molecular formula is C13H15FO. The lowest BCUT2D eigenvalue weighted by molar-refractivity contribution is -0.120. The maximum Gasteiger partial charge on any atom is 0.135 e. The molecular weight excluding hydrogens is 191 g/mol. The number of rotatable bonds is 2. The van der Waals surface area contributed by atoms with E-state index in [4.69, 9.17) is 0 Å². The van der Waals surface area contributed by atoms with E-state index in [0.29, 0.717) is 18.1 Å².